The first kappa shape index (κ1) is 60.2. The van der Waals surface area contributed by atoms with Crippen molar-refractivity contribution in [2.75, 3.05) is 19.8 Å². The van der Waals surface area contributed by atoms with E-state index >= 15 is 0 Å². The van der Waals surface area contributed by atoms with Gasteiger partial charge >= 0.3 is 5.97 Å². The van der Waals surface area contributed by atoms with Crippen LogP contribution in [0.3, 0.4) is 0 Å². The van der Waals surface area contributed by atoms with E-state index in [1.165, 1.54) is 141 Å². The molecule has 11 nitrogen and oxygen atoms in total. The Balaban J connectivity index is 2.15. The standard InChI is InChI=1S/C53H99NO10/c1-3-5-7-9-11-13-19-23-27-31-35-39-46(56)45(44-63-53-52(61)51(60)50(59)47(43-55)64-53)54-48(57)40-36-32-28-24-21-17-15-16-18-22-26-30-34-38-42-62-49(58)41-37-33-29-25-20-14-12-10-8-6-4-2/h10,12,35,39,45-47,50-53,55-56,59-61H,3-9,11,13-34,36-38,40-44H2,1-2H3,(H,54,57)/b12-10-,39-35+. The molecule has 0 aromatic heterocycles. The Morgan fingerprint density at radius 2 is 1.02 bits per heavy atom. The van der Waals surface area contributed by atoms with Crippen LogP contribution < -0.4 is 5.32 Å². The lowest BCUT2D eigenvalue weighted by Crippen LogP contribution is -2.60. The Morgan fingerprint density at radius 1 is 0.562 bits per heavy atom. The number of hydrogen-bond donors (Lipinski definition) is 6. The Hall–Kier alpha value is -1.86. The maximum absolute atomic E-state index is 13.0. The fourth-order valence-corrected chi connectivity index (χ4v) is 8.24. The average Bonchev–Trinajstić information content (AvgIpc) is 3.29. The van der Waals surface area contributed by atoms with E-state index in [0.717, 1.165) is 70.6 Å². The number of carbonyl (C=O) groups excluding carboxylic acids is 2. The second-order valence-electron chi connectivity index (χ2n) is 18.6. The highest BCUT2D eigenvalue weighted by atomic mass is 16.7. The van der Waals surface area contributed by atoms with E-state index in [-0.39, 0.29) is 18.5 Å². The molecule has 1 aliphatic heterocycles. The van der Waals surface area contributed by atoms with Crippen LogP contribution in [0.15, 0.2) is 24.3 Å². The Bertz CT molecular complexity index is 1120. The van der Waals surface area contributed by atoms with Gasteiger partial charge in [0.1, 0.15) is 24.4 Å². The van der Waals surface area contributed by atoms with Crippen molar-refractivity contribution in [2.24, 2.45) is 0 Å². The molecule has 0 radical (unpaired) electrons. The van der Waals surface area contributed by atoms with Crippen molar-refractivity contribution in [3.63, 3.8) is 0 Å². The van der Waals surface area contributed by atoms with Crippen molar-refractivity contribution in [1.82, 2.24) is 5.32 Å². The molecule has 1 fully saturated rings. The third-order valence-corrected chi connectivity index (χ3v) is 12.6. The number of hydrogen-bond acceptors (Lipinski definition) is 10. The lowest BCUT2D eigenvalue weighted by atomic mass is 9.99. The van der Waals surface area contributed by atoms with Crippen molar-refractivity contribution in [3.05, 3.63) is 24.3 Å². The smallest absolute Gasteiger partial charge is 0.305 e. The number of unbranched alkanes of at least 4 members (excludes halogenated alkanes) is 29. The molecule has 0 saturated carbocycles. The molecule has 0 aromatic rings. The zero-order valence-corrected chi connectivity index (χ0v) is 41.0. The Labute approximate surface area is 391 Å². The molecular formula is C53H99NO10. The van der Waals surface area contributed by atoms with Gasteiger partial charge in [-0.05, 0) is 51.4 Å². The van der Waals surface area contributed by atoms with Crippen molar-refractivity contribution in [3.8, 4) is 0 Å². The molecule has 1 aliphatic rings. The fourth-order valence-electron chi connectivity index (χ4n) is 8.24. The molecule has 1 rings (SSSR count). The molecule has 376 valence electrons. The van der Waals surface area contributed by atoms with Crippen LogP contribution in [0.2, 0.25) is 0 Å². The second kappa shape index (κ2) is 43.7. The topological polar surface area (TPSA) is 175 Å². The molecule has 11 heteroatoms. The second-order valence-corrected chi connectivity index (χ2v) is 18.6. The van der Waals surface area contributed by atoms with Gasteiger partial charge < -0.3 is 45.1 Å². The minimum atomic E-state index is -1.57. The number of rotatable bonds is 45. The molecule has 0 bridgehead atoms. The van der Waals surface area contributed by atoms with Gasteiger partial charge in [0.2, 0.25) is 5.91 Å². The molecule has 1 amide bonds. The van der Waals surface area contributed by atoms with Crippen LogP contribution in [-0.4, -0.2) is 100 Å². The van der Waals surface area contributed by atoms with E-state index < -0.39 is 49.5 Å². The van der Waals surface area contributed by atoms with Crippen molar-refractivity contribution < 1.29 is 49.3 Å². The van der Waals surface area contributed by atoms with Crippen LogP contribution in [0.4, 0.5) is 0 Å². The number of aliphatic hydroxyl groups excluding tert-OH is 5. The number of aliphatic hydroxyl groups is 5. The molecule has 64 heavy (non-hydrogen) atoms. The molecule has 0 aromatic carbocycles. The molecule has 0 aliphatic carbocycles. The quantitative estimate of drug-likeness (QED) is 0.0196. The fraction of sp³-hybridized carbons (Fsp3) is 0.887. The summed E-state index contributed by atoms with van der Waals surface area (Å²) in [5, 5.41) is 54.2. The maximum Gasteiger partial charge on any atom is 0.305 e. The predicted octanol–water partition coefficient (Wildman–Crippen LogP) is 11.0. The summed E-state index contributed by atoms with van der Waals surface area (Å²) in [4.78, 5) is 25.0. The summed E-state index contributed by atoms with van der Waals surface area (Å²) in [5.74, 6) is -0.228. The third kappa shape index (κ3) is 33.6. The maximum atomic E-state index is 13.0. The average molecular weight is 910 g/mol. The van der Waals surface area contributed by atoms with E-state index in [9.17, 15) is 35.1 Å². The van der Waals surface area contributed by atoms with Crippen LogP contribution in [0.25, 0.3) is 0 Å². The van der Waals surface area contributed by atoms with Crippen molar-refractivity contribution >= 4 is 11.9 Å². The number of ether oxygens (including phenoxy) is 3. The van der Waals surface area contributed by atoms with Crippen molar-refractivity contribution in [1.29, 1.82) is 0 Å². The van der Waals surface area contributed by atoms with Crippen LogP contribution in [0.5, 0.6) is 0 Å². The van der Waals surface area contributed by atoms with Gasteiger partial charge in [0.05, 0.1) is 32.0 Å². The van der Waals surface area contributed by atoms with Gasteiger partial charge in [0.15, 0.2) is 6.29 Å². The number of carbonyl (C=O) groups is 2. The minimum absolute atomic E-state index is 0.0343. The third-order valence-electron chi connectivity index (χ3n) is 12.6. The summed E-state index contributed by atoms with van der Waals surface area (Å²) >= 11 is 0. The van der Waals surface area contributed by atoms with Gasteiger partial charge in [-0.25, -0.2) is 0 Å². The van der Waals surface area contributed by atoms with Gasteiger partial charge in [-0.2, -0.15) is 0 Å². The summed E-state index contributed by atoms with van der Waals surface area (Å²) in [7, 11) is 0. The van der Waals surface area contributed by atoms with Gasteiger partial charge in [0.25, 0.3) is 0 Å². The first-order valence-corrected chi connectivity index (χ1v) is 26.6. The normalized spacial score (nSPS) is 20.0. The summed E-state index contributed by atoms with van der Waals surface area (Å²) in [5.41, 5.74) is 0. The van der Waals surface area contributed by atoms with Gasteiger partial charge in [-0.15, -0.1) is 0 Å². The van der Waals surface area contributed by atoms with E-state index in [1.807, 2.05) is 6.08 Å². The van der Waals surface area contributed by atoms with Crippen LogP contribution in [-0.2, 0) is 23.8 Å². The Morgan fingerprint density at radius 3 is 1.55 bits per heavy atom. The van der Waals surface area contributed by atoms with E-state index in [2.05, 4.69) is 31.3 Å². The van der Waals surface area contributed by atoms with E-state index in [0.29, 0.717) is 19.4 Å². The van der Waals surface area contributed by atoms with Gasteiger partial charge in [-0.1, -0.05) is 199 Å². The largest absolute Gasteiger partial charge is 0.466 e. The van der Waals surface area contributed by atoms with Gasteiger partial charge in [-0.3, -0.25) is 9.59 Å². The van der Waals surface area contributed by atoms with Gasteiger partial charge in [0, 0.05) is 12.8 Å². The molecule has 1 saturated heterocycles. The highest BCUT2D eigenvalue weighted by Crippen LogP contribution is 2.23. The molecule has 7 atom stereocenters. The minimum Gasteiger partial charge on any atom is -0.466 e. The molecular weight excluding hydrogens is 811 g/mol. The number of allylic oxidation sites excluding steroid dienone is 3. The first-order valence-electron chi connectivity index (χ1n) is 26.6. The zero-order valence-electron chi connectivity index (χ0n) is 41.0. The summed E-state index contributed by atoms with van der Waals surface area (Å²) < 4.78 is 16.6. The van der Waals surface area contributed by atoms with E-state index in [4.69, 9.17) is 14.2 Å². The molecule has 1 heterocycles. The monoisotopic (exact) mass is 910 g/mol. The van der Waals surface area contributed by atoms with Crippen LogP contribution in [0, 0.1) is 0 Å². The zero-order chi connectivity index (χ0) is 46.7. The SMILES string of the molecule is CCCC/C=C\CCCCCCCC(=O)OCCCCCCCCCCCCCCCCC(=O)NC(COC1OC(CO)C(O)C(O)C1O)C(O)/C=C/CCCCCCCCCCC. The lowest BCUT2D eigenvalue weighted by molar-refractivity contribution is -0.302. The highest BCUT2D eigenvalue weighted by molar-refractivity contribution is 5.76. The predicted molar refractivity (Wildman–Crippen MR) is 260 cm³/mol. The molecule has 6 N–H and O–H groups in total. The summed E-state index contributed by atoms with van der Waals surface area (Å²) in [6.07, 6.45) is 39.6. The highest BCUT2D eigenvalue weighted by Gasteiger charge is 2.44. The van der Waals surface area contributed by atoms with Crippen molar-refractivity contribution in [2.45, 2.75) is 281 Å². The van der Waals surface area contributed by atoms with E-state index in [1.54, 1.807) is 6.08 Å². The molecule has 0 spiro atoms. The van der Waals surface area contributed by atoms with Crippen LogP contribution in [0.1, 0.15) is 239 Å². The molecule has 7 unspecified atom stereocenters. The summed E-state index contributed by atoms with van der Waals surface area (Å²) in [6, 6.07) is -0.816. The summed E-state index contributed by atoms with van der Waals surface area (Å²) in [6.45, 7) is 4.25. The van der Waals surface area contributed by atoms with Crippen LogP contribution >= 0.6 is 0 Å². The Kier molecular flexibility index (Phi) is 41.1. The number of esters is 1. The lowest BCUT2D eigenvalue weighted by Gasteiger charge is -2.40. The first-order chi connectivity index (χ1) is 31.2. The number of amides is 1. The number of nitrogens with one attached hydrogen (secondary N) is 1.